The quantitative estimate of drug-likeness (QED) is 0.388. The summed E-state index contributed by atoms with van der Waals surface area (Å²) >= 11 is 0. The van der Waals surface area contributed by atoms with Gasteiger partial charge in [0.05, 0.1) is 0 Å². The van der Waals surface area contributed by atoms with E-state index in [4.69, 9.17) is 10.5 Å². The van der Waals surface area contributed by atoms with E-state index in [1.165, 1.54) is 0 Å². The molecule has 3 nitrogen and oxygen atoms in total. The minimum absolute atomic E-state index is 0.249. The molecule has 13 heavy (non-hydrogen) atoms. The van der Waals surface area contributed by atoms with Crippen LogP contribution in [0.1, 0.15) is 33.1 Å². The summed E-state index contributed by atoms with van der Waals surface area (Å²) < 4.78 is 4.85. The van der Waals surface area contributed by atoms with Crippen LogP contribution in [0.25, 0.3) is 0 Å². The zero-order chi connectivity index (χ0) is 10.1. The van der Waals surface area contributed by atoms with Gasteiger partial charge in [-0.1, -0.05) is 25.8 Å². The molecule has 0 heterocycles. The summed E-state index contributed by atoms with van der Waals surface area (Å²) in [5, 5.41) is 0. The number of nitrogens with two attached hydrogens (primary N) is 1. The predicted molar refractivity (Wildman–Crippen MR) is 53.3 cm³/mol. The second-order valence-electron chi connectivity index (χ2n) is 2.95. The number of rotatable bonds is 6. The highest BCUT2D eigenvalue weighted by molar-refractivity contribution is 5.87. The van der Waals surface area contributed by atoms with Crippen LogP contribution in [0.4, 0.5) is 0 Å². The minimum Gasteiger partial charge on any atom is -0.461 e. The highest BCUT2D eigenvalue weighted by Crippen LogP contribution is 2.02. The zero-order valence-corrected chi connectivity index (χ0v) is 8.51. The average molecular weight is 185 g/mol. The van der Waals surface area contributed by atoms with Crippen LogP contribution < -0.4 is 5.73 Å². The first-order valence-electron chi connectivity index (χ1n) is 4.76. The molecule has 0 aliphatic carbocycles. The molecule has 0 rings (SSSR count). The van der Waals surface area contributed by atoms with E-state index in [1.54, 1.807) is 6.92 Å². The topological polar surface area (TPSA) is 52.3 Å². The molecular weight excluding hydrogens is 166 g/mol. The lowest BCUT2D eigenvalue weighted by atomic mass is 10.2. The summed E-state index contributed by atoms with van der Waals surface area (Å²) in [5.74, 6) is -0.249. The van der Waals surface area contributed by atoms with Gasteiger partial charge in [0.25, 0.3) is 0 Å². The second-order valence-corrected chi connectivity index (χ2v) is 2.95. The molecule has 0 unspecified atom stereocenters. The van der Waals surface area contributed by atoms with Crippen LogP contribution in [0, 0.1) is 0 Å². The Balaban J connectivity index is 3.72. The second kappa shape index (κ2) is 7.80. The number of carbonyl (C=O) groups excluding carboxylic acids is 1. The summed E-state index contributed by atoms with van der Waals surface area (Å²) in [6.07, 6.45) is 5.12. The van der Waals surface area contributed by atoms with Crippen molar-refractivity contribution in [1.82, 2.24) is 0 Å². The Bertz CT molecular complexity index is 176. The van der Waals surface area contributed by atoms with Crippen molar-refractivity contribution in [2.45, 2.75) is 33.1 Å². The van der Waals surface area contributed by atoms with Crippen molar-refractivity contribution in [2.75, 3.05) is 13.2 Å². The third-order valence-electron chi connectivity index (χ3n) is 1.68. The van der Waals surface area contributed by atoms with E-state index < -0.39 is 0 Å². The van der Waals surface area contributed by atoms with E-state index in [0.29, 0.717) is 18.7 Å². The van der Waals surface area contributed by atoms with Crippen LogP contribution in [0.3, 0.4) is 0 Å². The largest absolute Gasteiger partial charge is 0.461 e. The van der Waals surface area contributed by atoms with Crippen LogP contribution in [0.2, 0.25) is 0 Å². The first kappa shape index (κ1) is 12.2. The van der Waals surface area contributed by atoms with Crippen molar-refractivity contribution in [3.8, 4) is 0 Å². The van der Waals surface area contributed by atoms with Crippen molar-refractivity contribution in [2.24, 2.45) is 5.73 Å². The molecule has 0 aromatic rings. The lowest BCUT2D eigenvalue weighted by Crippen LogP contribution is -2.14. The third-order valence-corrected chi connectivity index (χ3v) is 1.68. The van der Waals surface area contributed by atoms with Gasteiger partial charge in [-0.2, -0.15) is 0 Å². The standard InChI is InChI=1S/C10H19NO2/c1-3-4-5-6-9(2)10(12)13-8-7-11/h6H,3-5,7-8,11H2,1-2H3. The highest BCUT2D eigenvalue weighted by atomic mass is 16.5. The van der Waals surface area contributed by atoms with Gasteiger partial charge in [0.15, 0.2) is 0 Å². The summed E-state index contributed by atoms with van der Waals surface area (Å²) in [6, 6.07) is 0. The van der Waals surface area contributed by atoms with E-state index in [2.05, 4.69) is 6.92 Å². The summed E-state index contributed by atoms with van der Waals surface area (Å²) in [7, 11) is 0. The van der Waals surface area contributed by atoms with Crippen molar-refractivity contribution in [1.29, 1.82) is 0 Å². The van der Waals surface area contributed by atoms with Gasteiger partial charge in [-0.3, -0.25) is 0 Å². The van der Waals surface area contributed by atoms with E-state index in [-0.39, 0.29) is 5.97 Å². The number of unbranched alkanes of at least 4 members (excludes halogenated alkanes) is 2. The van der Waals surface area contributed by atoms with Gasteiger partial charge in [-0.25, -0.2) is 4.79 Å². The fourth-order valence-corrected chi connectivity index (χ4v) is 0.871. The SMILES string of the molecule is CCCCC=C(C)C(=O)OCCN. The Morgan fingerprint density at radius 1 is 1.54 bits per heavy atom. The van der Waals surface area contributed by atoms with Crippen LogP contribution in [0.5, 0.6) is 0 Å². The Morgan fingerprint density at radius 3 is 2.77 bits per heavy atom. The molecule has 0 fully saturated rings. The van der Waals surface area contributed by atoms with Crippen LogP contribution in [0.15, 0.2) is 11.6 Å². The maximum absolute atomic E-state index is 11.2. The van der Waals surface area contributed by atoms with E-state index >= 15 is 0 Å². The van der Waals surface area contributed by atoms with Gasteiger partial charge in [0.2, 0.25) is 0 Å². The average Bonchev–Trinajstić information content (AvgIpc) is 2.14. The molecule has 0 saturated heterocycles. The molecule has 0 spiro atoms. The van der Waals surface area contributed by atoms with Gasteiger partial charge in [0.1, 0.15) is 6.61 Å². The summed E-state index contributed by atoms with van der Waals surface area (Å²) in [5.41, 5.74) is 5.88. The normalized spacial score (nSPS) is 11.5. The fraction of sp³-hybridized carbons (Fsp3) is 0.700. The molecular formula is C10H19NO2. The van der Waals surface area contributed by atoms with E-state index in [1.807, 2.05) is 6.08 Å². The van der Waals surface area contributed by atoms with Crippen LogP contribution in [-0.2, 0) is 9.53 Å². The maximum Gasteiger partial charge on any atom is 0.333 e. The Hall–Kier alpha value is -0.830. The maximum atomic E-state index is 11.2. The molecule has 0 aromatic heterocycles. The van der Waals surface area contributed by atoms with Gasteiger partial charge >= 0.3 is 5.97 Å². The van der Waals surface area contributed by atoms with E-state index in [0.717, 1.165) is 19.3 Å². The van der Waals surface area contributed by atoms with Crippen LogP contribution in [-0.4, -0.2) is 19.1 Å². The minimum atomic E-state index is -0.249. The number of allylic oxidation sites excluding steroid dienone is 1. The van der Waals surface area contributed by atoms with Gasteiger partial charge in [-0.05, 0) is 13.3 Å². The Labute approximate surface area is 79.9 Å². The molecule has 0 saturated carbocycles. The highest BCUT2D eigenvalue weighted by Gasteiger charge is 2.03. The summed E-state index contributed by atoms with van der Waals surface area (Å²) in [4.78, 5) is 11.2. The predicted octanol–water partition coefficient (Wildman–Crippen LogP) is 1.62. The molecule has 0 aliphatic rings. The molecule has 76 valence electrons. The molecule has 0 amide bonds. The van der Waals surface area contributed by atoms with Gasteiger partial charge in [0, 0.05) is 12.1 Å². The molecule has 3 heteroatoms. The molecule has 0 aromatic carbocycles. The van der Waals surface area contributed by atoms with Crippen molar-refractivity contribution in [3.63, 3.8) is 0 Å². The number of hydrogen-bond acceptors (Lipinski definition) is 3. The Morgan fingerprint density at radius 2 is 2.23 bits per heavy atom. The lowest BCUT2D eigenvalue weighted by molar-refractivity contribution is -0.138. The zero-order valence-electron chi connectivity index (χ0n) is 8.51. The Kier molecular flexibility index (Phi) is 7.30. The molecule has 0 atom stereocenters. The van der Waals surface area contributed by atoms with E-state index in [9.17, 15) is 4.79 Å². The van der Waals surface area contributed by atoms with Crippen molar-refractivity contribution < 1.29 is 9.53 Å². The van der Waals surface area contributed by atoms with Crippen molar-refractivity contribution >= 4 is 5.97 Å². The molecule has 0 radical (unpaired) electrons. The molecule has 2 N–H and O–H groups in total. The monoisotopic (exact) mass is 185 g/mol. The summed E-state index contributed by atoms with van der Waals surface area (Å²) in [6.45, 7) is 4.58. The third kappa shape index (κ3) is 6.34. The van der Waals surface area contributed by atoms with Gasteiger partial charge < -0.3 is 10.5 Å². The van der Waals surface area contributed by atoms with Crippen molar-refractivity contribution in [3.05, 3.63) is 11.6 Å². The fourth-order valence-electron chi connectivity index (χ4n) is 0.871. The number of carbonyl (C=O) groups is 1. The van der Waals surface area contributed by atoms with Gasteiger partial charge in [-0.15, -0.1) is 0 Å². The number of esters is 1. The lowest BCUT2D eigenvalue weighted by Gasteiger charge is -2.02. The molecule has 0 aliphatic heterocycles. The molecule has 0 bridgehead atoms. The first-order valence-corrected chi connectivity index (χ1v) is 4.76. The smallest absolute Gasteiger partial charge is 0.333 e. The first-order chi connectivity index (χ1) is 6.22. The van der Waals surface area contributed by atoms with Crippen LogP contribution >= 0.6 is 0 Å². The number of ether oxygens (including phenoxy) is 1. The number of hydrogen-bond donors (Lipinski definition) is 1.